The summed E-state index contributed by atoms with van der Waals surface area (Å²) in [4.78, 5) is 10.5. The van der Waals surface area contributed by atoms with E-state index in [1.54, 1.807) is 18.2 Å². The van der Waals surface area contributed by atoms with Crippen molar-refractivity contribution in [1.82, 2.24) is 0 Å². The molecule has 0 bridgehead atoms. The fraction of sp³-hybridized carbons (Fsp3) is 0.200. The van der Waals surface area contributed by atoms with Gasteiger partial charge in [-0.1, -0.05) is 29.8 Å². The molecule has 0 unspecified atom stereocenters. The standard InChI is InChI=1S/C15H16N2O3/c1-11-6-7-15(13(8-11)9-16)20-10-12-4-2-3-5-14(12)17(18)19/h2-8H,9-10,16H2,1H3. The van der Waals surface area contributed by atoms with Gasteiger partial charge in [-0.3, -0.25) is 10.1 Å². The third kappa shape index (κ3) is 3.13. The van der Waals surface area contributed by atoms with Crippen molar-refractivity contribution in [2.45, 2.75) is 20.1 Å². The van der Waals surface area contributed by atoms with Crippen LogP contribution >= 0.6 is 0 Å². The molecule has 0 heterocycles. The summed E-state index contributed by atoms with van der Waals surface area (Å²) in [5.41, 5.74) is 8.28. The molecule has 0 amide bonds. The minimum absolute atomic E-state index is 0.0638. The molecule has 0 aliphatic carbocycles. The predicted molar refractivity (Wildman–Crippen MR) is 76.5 cm³/mol. The van der Waals surface area contributed by atoms with E-state index in [1.807, 2.05) is 25.1 Å². The normalized spacial score (nSPS) is 10.3. The van der Waals surface area contributed by atoms with Crippen molar-refractivity contribution in [3.8, 4) is 5.75 Å². The van der Waals surface area contributed by atoms with Gasteiger partial charge in [-0.25, -0.2) is 0 Å². The van der Waals surface area contributed by atoms with Gasteiger partial charge in [-0.2, -0.15) is 0 Å². The highest BCUT2D eigenvalue weighted by atomic mass is 16.6. The number of nitro benzene ring substituents is 1. The number of nitro groups is 1. The van der Waals surface area contributed by atoms with Crippen LogP contribution < -0.4 is 10.5 Å². The summed E-state index contributed by atoms with van der Waals surface area (Å²) in [7, 11) is 0. The molecule has 0 aromatic heterocycles. The summed E-state index contributed by atoms with van der Waals surface area (Å²) in [5.74, 6) is 0.663. The summed E-state index contributed by atoms with van der Waals surface area (Å²) in [6.07, 6.45) is 0. The molecule has 2 rings (SSSR count). The molecule has 0 saturated heterocycles. The quantitative estimate of drug-likeness (QED) is 0.670. The van der Waals surface area contributed by atoms with E-state index in [9.17, 15) is 10.1 Å². The molecule has 20 heavy (non-hydrogen) atoms. The summed E-state index contributed by atoms with van der Waals surface area (Å²) in [6, 6.07) is 12.3. The molecule has 0 fully saturated rings. The second-order valence-corrected chi connectivity index (χ2v) is 4.49. The molecule has 104 valence electrons. The van der Waals surface area contributed by atoms with E-state index < -0.39 is 4.92 Å². The lowest BCUT2D eigenvalue weighted by Gasteiger charge is -2.11. The zero-order valence-electron chi connectivity index (χ0n) is 11.2. The zero-order valence-corrected chi connectivity index (χ0v) is 11.2. The molecule has 0 aliphatic heterocycles. The lowest BCUT2D eigenvalue weighted by molar-refractivity contribution is -0.385. The van der Waals surface area contributed by atoms with E-state index in [-0.39, 0.29) is 12.3 Å². The Kier molecular flexibility index (Phi) is 4.32. The van der Waals surface area contributed by atoms with Gasteiger partial charge >= 0.3 is 0 Å². The molecule has 5 heteroatoms. The van der Waals surface area contributed by atoms with Crippen LogP contribution in [0.5, 0.6) is 5.75 Å². The van der Waals surface area contributed by atoms with Crippen LogP contribution in [0, 0.1) is 17.0 Å². The maximum atomic E-state index is 10.9. The number of para-hydroxylation sites is 1. The van der Waals surface area contributed by atoms with E-state index in [1.165, 1.54) is 6.07 Å². The van der Waals surface area contributed by atoms with E-state index in [0.717, 1.165) is 11.1 Å². The Morgan fingerprint density at radius 3 is 2.65 bits per heavy atom. The minimum atomic E-state index is -0.405. The number of hydrogen-bond donors (Lipinski definition) is 1. The average Bonchev–Trinajstić information content (AvgIpc) is 2.46. The smallest absolute Gasteiger partial charge is 0.276 e. The van der Waals surface area contributed by atoms with Gasteiger partial charge in [-0.05, 0) is 19.1 Å². The first kappa shape index (κ1) is 14.0. The third-order valence-electron chi connectivity index (χ3n) is 3.01. The van der Waals surface area contributed by atoms with Crippen molar-refractivity contribution >= 4 is 5.69 Å². The third-order valence-corrected chi connectivity index (χ3v) is 3.01. The predicted octanol–water partition coefficient (Wildman–Crippen LogP) is 2.94. The Morgan fingerprint density at radius 1 is 1.20 bits per heavy atom. The molecule has 0 radical (unpaired) electrons. The second kappa shape index (κ2) is 6.16. The topological polar surface area (TPSA) is 78.4 Å². The van der Waals surface area contributed by atoms with Gasteiger partial charge in [0.2, 0.25) is 0 Å². The van der Waals surface area contributed by atoms with Crippen molar-refractivity contribution in [1.29, 1.82) is 0 Å². The molecule has 2 aromatic rings. The van der Waals surface area contributed by atoms with Gasteiger partial charge < -0.3 is 10.5 Å². The van der Waals surface area contributed by atoms with Crippen LogP contribution in [0.25, 0.3) is 0 Å². The maximum absolute atomic E-state index is 10.9. The number of hydrogen-bond acceptors (Lipinski definition) is 4. The number of nitrogens with two attached hydrogens (primary N) is 1. The average molecular weight is 272 g/mol. The van der Waals surface area contributed by atoms with Gasteiger partial charge in [0.05, 0.1) is 10.5 Å². The van der Waals surface area contributed by atoms with Crippen LogP contribution in [0.3, 0.4) is 0 Å². The highest BCUT2D eigenvalue weighted by molar-refractivity contribution is 5.41. The summed E-state index contributed by atoms with van der Waals surface area (Å²) >= 11 is 0. The van der Waals surface area contributed by atoms with Gasteiger partial charge in [0.25, 0.3) is 5.69 Å². The SMILES string of the molecule is Cc1ccc(OCc2ccccc2[N+](=O)[O-])c(CN)c1. The van der Waals surface area contributed by atoms with Crippen LogP contribution in [-0.2, 0) is 13.2 Å². The highest BCUT2D eigenvalue weighted by Crippen LogP contribution is 2.23. The van der Waals surface area contributed by atoms with Crippen molar-refractivity contribution in [2.24, 2.45) is 5.73 Å². The van der Waals surface area contributed by atoms with Gasteiger partial charge in [0, 0.05) is 18.2 Å². The van der Waals surface area contributed by atoms with Crippen LogP contribution in [0.4, 0.5) is 5.69 Å². The Hall–Kier alpha value is -2.40. The molecule has 0 aliphatic rings. The summed E-state index contributed by atoms with van der Waals surface area (Å²) in [6.45, 7) is 2.49. The number of aryl methyl sites for hydroxylation is 1. The largest absolute Gasteiger partial charge is 0.488 e. The maximum Gasteiger partial charge on any atom is 0.276 e. The van der Waals surface area contributed by atoms with Crippen LogP contribution in [-0.4, -0.2) is 4.92 Å². The fourth-order valence-corrected chi connectivity index (χ4v) is 1.98. The number of rotatable bonds is 5. The fourth-order valence-electron chi connectivity index (χ4n) is 1.98. The minimum Gasteiger partial charge on any atom is -0.488 e. The van der Waals surface area contributed by atoms with Gasteiger partial charge in [-0.15, -0.1) is 0 Å². The lowest BCUT2D eigenvalue weighted by atomic mass is 10.1. The second-order valence-electron chi connectivity index (χ2n) is 4.49. The molecule has 0 atom stereocenters. The monoisotopic (exact) mass is 272 g/mol. The van der Waals surface area contributed by atoms with E-state index >= 15 is 0 Å². The summed E-state index contributed by atoms with van der Waals surface area (Å²) < 4.78 is 5.68. The van der Waals surface area contributed by atoms with Crippen molar-refractivity contribution < 1.29 is 9.66 Å². The summed E-state index contributed by atoms with van der Waals surface area (Å²) in [5, 5.41) is 10.9. The first-order valence-corrected chi connectivity index (χ1v) is 6.26. The number of benzene rings is 2. The molecule has 0 saturated carbocycles. The van der Waals surface area contributed by atoms with E-state index in [0.29, 0.717) is 17.9 Å². The van der Waals surface area contributed by atoms with Crippen molar-refractivity contribution in [3.63, 3.8) is 0 Å². The molecule has 2 N–H and O–H groups in total. The van der Waals surface area contributed by atoms with E-state index in [2.05, 4.69) is 0 Å². The number of ether oxygens (including phenoxy) is 1. The van der Waals surface area contributed by atoms with Crippen molar-refractivity contribution in [3.05, 3.63) is 69.3 Å². The van der Waals surface area contributed by atoms with E-state index in [4.69, 9.17) is 10.5 Å². The molecule has 2 aromatic carbocycles. The Morgan fingerprint density at radius 2 is 1.95 bits per heavy atom. The Bertz CT molecular complexity index is 626. The molecular weight excluding hydrogens is 256 g/mol. The molecular formula is C15H16N2O3. The first-order valence-electron chi connectivity index (χ1n) is 6.26. The van der Waals surface area contributed by atoms with Crippen molar-refractivity contribution in [2.75, 3.05) is 0 Å². The van der Waals surface area contributed by atoms with Crippen LogP contribution in [0.15, 0.2) is 42.5 Å². The van der Waals surface area contributed by atoms with Gasteiger partial charge in [0.15, 0.2) is 0 Å². The first-order chi connectivity index (χ1) is 9.61. The Balaban J connectivity index is 2.19. The van der Waals surface area contributed by atoms with Gasteiger partial charge in [0.1, 0.15) is 12.4 Å². The molecule has 5 nitrogen and oxygen atoms in total. The molecule has 0 spiro atoms. The van der Waals surface area contributed by atoms with Crippen LogP contribution in [0.2, 0.25) is 0 Å². The highest BCUT2D eigenvalue weighted by Gasteiger charge is 2.13. The Labute approximate surface area is 117 Å². The zero-order chi connectivity index (χ0) is 14.5. The number of nitrogens with zero attached hydrogens (tertiary/aromatic N) is 1. The lowest BCUT2D eigenvalue weighted by Crippen LogP contribution is -2.04. The van der Waals surface area contributed by atoms with Crippen LogP contribution in [0.1, 0.15) is 16.7 Å².